The Morgan fingerprint density at radius 1 is 1.23 bits per heavy atom. The van der Waals surface area contributed by atoms with Gasteiger partial charge in [-0.2, -0.15) is 0 Å². The molecule has 65 valence electrons. The molecule has 1 nitrogen and oxygen atoms in total. The number of benzene rings is 1. The maximum atomic E-state index is 4.90. The molecule has 1 aromatic carbocycles. The molecule has 0 unspecified atom stereocenters. The Labute approximate surface area is 93.0 Å². The van der Waals surface area contributed by atoms with E-state index in [1.807, 2.05) is 24.3 Å². The minimum Gasteiger partial charge on any atom is -0.460 e. The van der Waals surface area contributed by atoms with Gasteiger partial charge in [0.25, 0.3) is 0 Å². The summed E-state index contributed by atoms with van der Waals surface area (Å²) in [7, 11) is 0. The molecule has 1 heterocycles. The molecule has 3 heteroatoms. The predicted octanol–water partition coefficient (Wildman–Crippen LogP) is 4.27. The van der Waals surface area contributed by atoms with Crippen molar-refractivity contribution < 1.29 is 4.42 Å². The van der Waals surface area contributed by atoms with Gasteiger partial charge in [0.15, 0.2) is 6.26 Å². The van der Waals surface area contributed by atoms with Crippen molar-refractivity contribution in [1.82, 2.24) is 0 Å². The Morgan fingerprint density at radius 3 is 2.77 bits per heavy atom. The van der Waals surface area contributed by atoms with Crippen molar-refractivity contribution in [2.75, 3.05) is 0 Å². The largest absolute Gasteiger partial charge is 0.460 e. The second kappa shape index (κ2) is 3.68. The van der Waals surface area contributed by atoms with Gasteiger partial charge < -0.3 is 4.42 Å². The molecule has 0 spiro atoms. The molecule has 0 aliphatic rings. The van der Waals surface area contributed by atoms with Crippen LogP contribution in [0.3, 0.4) is 0 Å². The number of hydrogen-bond acceptors (Lipinski definition) is 1. The van der Waals surface area contributed by atoms with Gasteiger partial charge in [-0.25, -0.2) is 0 Å². The first kappa shape index (κ1) is 9.03. The van der Waals surface area contributed by atoms with E-state index >= 15 is 0 Å². The van der Waals surface area contributed by atoms with Crippen molar-refractivity contribution in [3.8, 4) is 11.1 Å². The minimum absolute atomic E-state index is 1.02. The zero-order valence-corrected chi connectivity index (χ0v) is 9.72. The molecule has 0 N–H and O–H groups in total. The zero-order valence-electron chi connectivity index (χ0n) is 6.55. The van der Waals surface area contributed by atoms with Crippen LogP contribution in [-0.2, 0) is 0 Å². The molecule has 1 radical (unpaired) electrons. The molecule has 0 aliphatic heterocycles. The Hall–Kier alpha value is -0.540. The molecule has 0 bridgehead atoms. The fraction of sp³-hybridized carbons (Fsp3) is 0. The standard InChI is InChI=1S/C10H5Br2O/c11-9-3-1-2-8(10(9)12)7-4-5-13-6-7/h1-4,6H. The average molecular weight is 301 g/mol. The van der Waals surface area contributed by atoms with Crippen molar-refractivity contribution in [2.24, 2.45) is 0 Å². The Kier molecular flexibility index (Phi) is 2.56. The van der Waals surface area contributed by atoms with Crippen LogP contribution in [0.25, 0.3) is 11.1 Å². The van der Waals surface area contributed by atoms with E-state index in [0.29, 0.717) is 0 Å². The minimum atomic E-state index is 1.02. The smallest absolute Gasteiger partial charge is 0.169 e. The summed E-state index contributed by atoms with van der Waals surface area (Å²) in [6.07, 6.45) is 4.34. The van der Waals surface area contributed by atoms with Gasteiger partial charge in [0.2, 0.25) is 0 Å². The summed E-state index contributed by atoms with van der Waals surface area (Å²) in [6, 6.07) is 7.80. The Morgan fingerprint density at radius 2 is 2.08 bits per heavy atom. The van der Waals surface area contributed by atoms with Crippen LogP contribution in [-0.4, -0.2) is 0 Å². The molecule has 0 saturated carbocycles. The van der Waals surface area contributed by atoms with Gasteiger partial charge in [-0.05, 0) is 44.0 Å². The van der Waals surface area contributed by atoms with E-state index < -0.39 is 0 Å². The van der Waals surface area contributed by atoms with Gasteiger partial charge in [-0.15, -0.1) is 0 Å². The Balaban J connectivity index is 2.59. The third-order valence-electron chi connectivity index (χ3n) is 1.73. The lowest BCUT2D eigenvalue weighted by molar-refractivity contribution is 0.559. The molecule has 2 aromatic rings. The van der Waals surface area contributed by atoms with E-state index in [1.165, 1.54) is 0 Å². The van der Waals surface area contributed by atoms with E-state index in [1.54, 1.807) is 6.26 Å². The lowest BCUT2D eigenvalue weighted by Gasteiger charge is -2.02. The fourth-order valence-corrected chi connectivity index (χ4v) is 1.96. The van der Waals surface area contributed by atoms with Crippen LogP contribution in [0.2, 0.25) is 0 Å². The molecule has 0 amide bonds. The highest BCUT2D eigenvalue weighted by Gasteiger charge is 2.06. The highest BCUT2D eigenvalue weighted by atomic mass is 79.9. The number of halogens is 2. The SMILES string of the molecule is Brc1cccc(-c2c[c]oc2)c1Br. The van der Waals surface area contributed by atoms with Crippen LogP contribution < -0.4 is 0 Å². The van der Waals surface area contributed by atoms with Crippen LogP contribution in [0.1, 0.15) is 0 Å². The summed E-state index contributed by atoms with van der Waals surface area (Å²) in [5.41, 5.74) is 2.12. The van der Waals surface area contributed by atoms with Gasteiger partial charge in [-0.1, -0.05) is 12.1 Å². The Bertz CT molecular complexity index is 407. The predicted molar refractivity (Wildman–Crippen MR) is 58.4 cm³/mol. The van der Waals surface area contributed by atoms with Crippen molar-refractivity contribution >= 4 is 31.9 Å². The third-order valence-corrected chi connectivity index (χ3v) is 3.78. The number of furan rings is 1. The molecule has 0 saturated heterocycles. The summed E-state index contributed by atoms with van der Waals surface area (Å²) in [4.78, 5) is 0. The molecular formula is C10H5Br2O. The number of rotatable bonds is 1. The fourth-order valence-electron chi connectivity index (χ4n) is 1.10. The van der Waals surface area contributed by atoms with Crippen molar-refractivity contribution in [3.05, 3.63) is 45.7 Å². The normalized spacial score (nSPS) is 10.3. The van der Waals surface area contributed by atoms with E-state index in [2.05, 4.69) is 38.1 Å². The second-order valence-corrected chi connectivity index (χ2v) is 4.20. The van der Waals surface area contributed by atoms with Gasteiger partial charge in [0, 0.05) is 20.1 Å². The first-order chi connectivity index (χ1) is 6.29. The van der Waals surface area contributed by atoms with E-state index in [-0.39, 0.29) is 0 Å². The molecule has 13 heavy (non-hydrogen) atoms. The highest BCUT2D eigenvalue weighted by molar-refractivity contribution is 9.13. The maximum Gasteiger partial charge on any atom is 0.169 e. The van der Waals surface area contributed by atoms with Crippen molar-refractivity contribution in [2.45, 2.75) is 0 Å². The summed E-state index contributed by atoms with van der Waals surface area (Å²) in [5.74, 6) is 0. The number of hydrogen-bond donors (Lipinski definition) is 0. The quantitative estimate of drug-likeness (QED) is 0.766. The molecule has 2 rings (SSSR count). The average Bonchev–Trinajstić information content (AvgIpc) is 2.62. The summed E-state index contributed by atoms with van der Waals surface area (Å²) < 4.78 is 6.97. The lowest BCUT2D eigenvalue weighted by atomic mass is 10.1. The van der Waals surface area contributed by atoms with E-state index in [4.69, 9.17) is 4.42 Å². The topological polar surface area (TPSA) is 13.1 Å². The second-order valence-electron chi connectivity index (χ2n) is 2.55. The molecule has 0 fully saturated rings. The van der Waals surface area contributed by atoms with Crippen molar-refractivity contribution in [1.29, 1.82) is 0 Å². The van der Waals surface area contributed by atoms with Crippen LogP contribution in [0.5, 0.6) is 0 Å². The summed E-state index contributed by atoms with van der Waals surface area (Å²) in [6.45, 7) is 0. The zero-order chi connectivity index (χ0) is 9.26. The van der Waals surface area contributed by atoms with Gasteiger partial charge >= 0.3 is 0 Å². The van der Waals surface area contributed by atoms with E-state index in [0.717, 1.165) is 20.1 Å². The van der Waals surface area contributed by atoms with E-state index in [9.17, 15) is 0 Å². The first-order valence-electron chi connectivity index (χ1n) is 3.68. The van der Waals surface area contributed by atoms with Gasteiger partial charge in [0.1, 0.15) is 0 Å². The lowest BCUT2D eigenvalue weighted by Crippen LogP contribution is -1.77. The molecule has 0 aliphatic carbocycles. The first-order valence-corrected chi connectivity index (χ1v) is 5.26. The third kappa shape index (κ3) is 1.71. The molecular weight excluding hydrogens is 296 g/mol. The van der Waals surface area contributed by atoms with Gasteiger partial charge in [0.05, 0.1) is 6.26 Å². The molecule has 0 atom stereocenters. The van der Waals surface area contributed by atoms with Crippen LogP contribution in [0.15, 0.2) is 43.9 Å². The van der Waals surface area contributed by atoms with Crippen LogP contribution in [0, 0.1) is 6.26 Å². The molecule has 1 aromatic heterocycles. The van der Waals surface area contributed by atoms with Crippen molar-refractivity contribution in [3.63, 3.8) is 0 Å². The summed E-state index contributed by atoms with van der Waals surface area (Å²) >= 11 is 6.94. The van der Waals surface area contributed by atoms with Gasteiger partial charge in [-0.3, -0.25) is 0 Å². The van der Waals surface area contributed by atoms with Crippen LogP contribution >= 0.6 is 31.9 Å². The van der Waals surface area contributed by atoms with Crippen LogP contribution in [0.4, 0.5) is 0 Å². The summed E-state index contributed by atoms with van der Waals surface area (Å²) in [5, 5.41) is 0. The maximum absolute atomic E-state index is 4.90. The highest BCUT2D eigenvalue weighted by Crippen LogP contribution is 2.33. The monoisotopic (exact) mass is 299 g/mol.